The first-order valence-electron chi connectivity index (χ1n) is 5.82. The number of nitrogens with two attached hydrogens (primary N) is 1. The lowest BCUT2D eigenvalue weighted by atomic mass is 10.2. The fourth-order valence-corrected chi connectivity index (χ4v) is 1.51. The van der Waals surface area contributed by atoms with Gasteiger partial charge in [0.25, 0.3) is 5.91 Å². The molecule has 0 saturated heterocycles. The van der Waals surface area contributed by atoms with Crippen molar-refractivity contribution in [2.45, 2.75) is 6.54 Å². The van der Waals surface area contributed by atoms with Crippen molar-refractivity contribution >= 4 is 11.7 Å². The van der Waals surface area contributed by atoms with Crippen molar-refractivity contribution in [3.05, 3.63) is 59.7 Å². The Hall–Kier alpha value is -2.96. The van der Waals surface area contributed by atoms with Crippen molar-refractivity contribution in [3.8, 4) is 0 Å². The topological polar surface area (TPSA) is 113 Å². The van der Waals surface area contributed by atoms with Gasteiger partial charge >= 0.3 is 0 Å². The number of nitrogens with zero attached hydrogens (tertiary/aromatic N) is 3. The summed E-state index contributed by atoms with van der Waals surface area (Å²) in [4.78, 5) is 19.8. The Morgan fingerprint density at radius 3 is 2.80 bits per heavy atom. The third-order valence-electron chi connectivity index (χ3n) is 2.58. The Morgan fingerprint density at radius 2 is 2.20 bits per heavy atom. The summed E-state index contributed by atoms with van der Waals surface area (Å²) in [5, 5.41) is 14.1. The zero-order chi connectivity index (χ0) is 14.4. The van der Waals surface area contributed by atoms with E-state index in [0.717, 1.165) is 5.56 Å². The summed E-state index contributed by atoms with van der Waals surface area (Å²) in [6.45, 7) is 0.371. The lowest BCUT2D eigenvalue weighted by Gasteiger charge is -2.05. The van der Waals surface area contributed by atoms with E-state index >= 15 is 0 Å². The number of hydrogen-bond donors (Lipinski definition) is 3. The molecule has 0 aliphatic heterocycles. The van der Waals surface area contributed by atoms with Crippen molar-refractivity contribution in [2.24, 2.45) is 10.9 Å². The van der Waals surface area contributed by atoms with Gasteiger partial charge < -0.3 is 16.3 Å². The van der Waals surface area contributed by atoms with E-state index in [-0.39, 0.29) is 17.4 Å². The molecule has 0 bridgehead atoms. The van der Waals surface area contributed by atoms with E-state index in [1.54, 1.807) is 24.5 Å². The molecule has 0 saturated carbocycles. The standard InChI is InChI=1S/C13H13N5O2/c14-12(18-20)10-3-4-11(16-8-10)13(19)17-7-9-2-1-5-15-6-9/h1-6,8,20H,7H2,(H2,14,18)(H,17,19). The summed E-state index contributed by atoms with van der Waals surface area (Å²) in [6.07, 6.45) is 4.71. The van der Waals surface area contributed by atoms with E-state index < -0.39 is 0 Å². The molecule has 0 radical (unpaired) electrons. The lowest BCUT2D eigenvalue weighted by Crippen LogP contribution is -2.24. The molecule has 2 rings (SSSR count). The first-order chi connectivity index (χ1) is 9.70. The molecule has 2 heterocycles. The van der Waals surface area contributed by atoms with Gasteiger partial charge in [-0.3, -0.25) is 14.8 Å². The van der Waals surface area contributed by atoms with E-state index in [0.29, 0.717) is 12.1 Å². The first-order valence-corrected chi connectivity index (χ1v) is 5.82. The summed E-state index contributed by atoms with van der Waals surface area (Å²) in [5.74, 6) is -0.361. The molecular weight excluding hydrogens is 258 g/mol. The van der Waals surface area contributed by atoms with Gasteiger partial charge in [0.15, 0.2) is 5.84 Å². The van der Waals surface area contributed by atoms with Gasteiger partial charge in [0.2, 0.25) is 0 Å². The lowest BCUT2D eigenvalue weighted by molar-refractivity contribution is 0.0946. The van der Waals surface area contributed by atoms with Crippen LogP contribution in [0.15, 0.2) is 48.0 Å². The number of nitrogens with one attached hydrogen (secondary N) is 1. The predicted octanol–water partition coefficient (Wildman–Crippen LogP) is 0.501. The van der Waals surface area contributed by atoms with Crippen molar-refractivity contribution in [1.82, 2.24) is 15.3 Å². The highest BCUT2D eigenvalue weighted by Gasteiger charge is 2.08. The summed E-state index contributed by atoms with van der Waals surface area (Å²) >= 11 is 0. The Morgan fingerprint density at radius 1 is 1.35 bits per heavy atom. The Bertz CT molecular complexity index is 610. The molecule has 0 fully saturated rings. The fraction of sp³-hybridized carbons (Fsp3) is 0.0769. The van der Waals surface area contributed by atoms with Gasteiger partial charge in [-0.05, 0) is 23.8 Å². The molecule has 2 aromatic heterocycles. The van der Waals surface area contributed by atoms with Gasteiger partial charge in [0, 0.05) is 30.7 Å². The average Bonchev–Trinajstić information content (AvgIpc) is 2.53. The first kappa shape index (κ1) is 13.5. The highest BCUT2D eigenvalue weighted by Crippen LogP contribution is 2.01. The second kappa shape index (κ2) is 6.28. The minimum atomic E-state index is -0.306. The molecule has 1 amide bonds. The SMILES string of the molecule is NC(=NO)c1ccc(C(=O)NCc2cccnc2)nc1. The van der Waals surface area contributed by atoms with E-state index in [2.05, 4.69) is 20.4 Å². The van der Waals surface area contributed by atoms with Crippen LogP contribution in [0.4, 0.5) is 0 Å². The molecule has 0 spiro atoms. The maximum atomic E-state index is 11.9. The number of hydrogen-bond acceptors (Lipinski definition) is 5. The predicted molar refractivity (Wildman–Crippen MR) is 72.2 cm³/mol. The van der Waals surface area contributed by atoms with E-state index in [4.69, 9.17) is 10.9 Å². The van der Waals surface area contributed by atoms with Crippen LogP contribution in [0.2, 0.25) is 0 Å². The molecule has 7 nitrogen and oxygen atoms in total. The zero-order valence-electron chi connectivity index (χ0n) is 10.5. The molecule has 2 aromatic rings. The van der Waals surface area contributed by atoms with Crippen LogP contribution in [-0.2, 0) is 6.54 Å². The number of amides is 1. The van der Waals surface area contributed by atoms with Gasteiger partial charge in [-0.1, -0.05) is 11.2 Å². The Labute approximate surface area is 115 Å². The summed E-state index contributed by atoms with van der Waals surface area (Å²) in [5.41, 5.74) is 7.00. The molecule has 102 valence electrons. The van der Waals surface area contributed by atoms with E-state index in [1.807, 2.05) is 6.07 Å². The minimum Gasteiger partial charge on any atom is -0.409 e. The smallest absolute Gasteiger partial charge is 0.270 e. The van der Waals surface area contributed by atoms with Gasteiger partial charge in [-0.25, -0.2) is 0 Å². The normalized spacial score (nSPS) is 11.1. The van der Waals surface area contributed by atoms with Gasteiger partial charge in [-0.2, -0.15) is 0 Å². The molecule has 0 aliphatic carbocycles. The third-order valence-corrected chi connectivity index (χ3v) is 2.58. The second-order valence-corrected chi connectivity index (χ2v) is 3.96. The molecule has 20 heavy (non-hydrogen) atoms. The maximum absolute atomic E-state index is 11.9. The van der Waals surface area contributed by atoms with E-state index in [9.17, 15) is 4.79 Å². The number of pyridine rings is 2. The summed E-state index contributed by atoms with van der Waals surface area (Å²) in [7, 11) is 0. The van der Waals surface area contributed by atoms with E-state index in [1.165, 1.54) is 12.3 Å². The summed E-state index contributed by atoms with van der Waals surface area (Å²) < 4.78 is 0. The van der Waals surface area contributed by atoms with Crippen molar-refractivity contribution in [1.29, 1.82) is 0 Å². The van der Waals surface area contributed by atoms with Crippen molar-refractivity contribution in [2.75, 3.05) is 0 Å². The molecule has 0 aromatic carbocycles. The van der Waals surface area contributed by atoms with Crippen LogP contribution in [-0.4, -0.2) is 26.9 Å². The molecule has 0 atom stereocenters. The third kappa shape index (κ3) is 3.29. The molecule has 7 heteroatoms. The van der Waals surface area contributed by atoms with Crippen LogP contribution < -0.4 is 11.1 Å². The van der Waals surface area contributed by atoms with Crippen LogP contribution in [0.5, 0.6) is 0 Å². The quantitative estimate of drug-likeness (QED) is 0.324. The molecule has 0 aliphatic rings. The largest absolute Gasteiger partial charge is 0.409 e. The zero-order valence-corrected chi connectivity index (χ0v) is 10.5. The number of amidine groups is 1. The number of carbonyl (C=O) groups excluding carboxylic acids is 1. The number of oxime groups is 1. The van der Waals surface area contributed by atoms with Crippen LogP contribution in [0, 0.1) is 0 Å². The monoisotopic (exact) mass is 271 g/mol. The number of rotatable bonds is 4. The molecule has 4 N–H and O–H groups in total. The average molecular weight is 271 g/mol. The maximum Gasteiger partial charge on any atom is 0.270 e. The Balaban J connectivity index is 1.99. The van der Waals surface area contributed by atoms with Crippen LogP contribution in [0.1, 0.15) is 21.6 Å². The number of aromatic nitrogens is 2. The minimum absolute atomic E-state index is 0.0557. The highest BCUT2D eigenvalue weighted by atomic mass is 16.4. The second-order valence-electron chi connectivity index (χ2n) is 3.96. The highest BCUT2D eigenvalue weighted by molar-refractivity contribution is 5.98. The van der Waals surface area contributed by atoms with Crippen LogP contribution >= 0.6 is 0 Å². The number of carbonyl (C=O) groups is 1. The molecule has 0 unspecified atom stereocenters. The Kier molecular flexibility index (Phi) is 4.23. The van der Waals surface area contributed by atoms with Crippen molar-refractivity contribution in [3.63, 3.8) is 0 Å². The van der Waals surface area contributed by atoms with Gasteiger partial charge in [0.05, 0.1) is 0 Å². The fourth-order valence-electron chi connectivity index (χ4n) is 1.51. The molecular formula is C13H13N5O2. The van der Waals surface area contributed by atoms with Gasteiger partial charge in [-0.15, -0.1) is 0 Å². The van der Waals surface area contributed by atoms with Crippen LogP contribution in [0.3, 0.4) is 0 Å². The van der Waals surface area contributed by atoms with Crippen LogP contribution in [0.25, 0.3) is 0 Å². The van der Waals surface area contributed by atoms with Gasteiger partial charge in [0.1, 0.15) is 5.69 Å². The summed E-state index contributed by atoms with van der Waals surface area (Å²) in [6, 6.07) is 6.72. The van der Waals surface area contributed by atoms with Crippen molar-refractivity contribution < 1.29 is 10.0 Å².